The van der Waals surface area contributed by atoms with Gasteiger partial charge in [-0.15, -0.1) is 0 Å². The van der Waals surface area contributed by atoms with Crippen molar-refractivity contribution >= 4 is 11.2 Å². The van der Waals surface area contributed by atoms with Gasteiger partial charge < -0.3 is 4.57 Å². The van der Waals surface area contributed by atoms with Crippen LogP contribution in [0, 0.1) is 13.8 Å². The Hall–Kier alpha value is -3.02. The lowest BCUT2D eigenvalue weighted by molar-refractivity contribution is 0.742. The molecule has 1 aliphatic carbocycles. The molecule has 3 heterocycles. The molecule has 146 valence electrons. The van der Waals surface area contributed by atoms with Crippen LogP contribution in [0.3, 0.4) is 0 Å². The maximum Gasteiger partial charge on any atom is 0.177 e. The quantitative estimate of drug-likeness (QED) is 0.685. The van der Waals surface area contributed by atoms with Gasteiger partial charge in [0, 0.05) is 32.3 Å². The average Bonchev–Trinajstić information content (AvgIpc) is 3.19. The third-order valence-corrected chi connectivity index (χ3v) is 4.59. The predicted octanol–water partition coefficient (Wildman–Crippen LogP) is 4.19. The molecule has 0 spiro atoms. The minimum absolute atomic E-state index is 0.751. The first kappa shape index (κ1) is 19.7. The summed E-state index contributed by atoms with van der Waals surface area (Å²) in [7, 11) is 2.04. The molecule has 1 aliphatic rings. The van der Waals surface area contributed by atoms with Gasteiger partial charge in [0.1, 0.15) is 5.82 Å². The van der Waals surface area contributed by atoms with Gasteiger partial charge in [-0.25, -0.2) is 14.5 Å². The largest absolute Gasteiger partial charge is 0.337 e. The molecule has 0 bridgehead atoms. The zero-order valence-electron chi connectivity index (χ0n) is 17.3. The van der Waals surface area contributed by atoms with E-state index in [9.17, 15) is 0 Å². The number of nitrogens with zero attached hydrogens (tertiary/aromatic N) is 6. The molecule has 0 radical (unpaired) electrons. The summed E-state index contributed by atoms with van der Waals surface area (Å²) in [6.45, 7) is 7.95. The van der Waals surface area contributed by atoms with Crippen LogP contribution in [-0.2, 0) is 19.9 Å². The molecule has 6 heteroatoms. The molecule has 28 heavy (non-hydrogen) atoms. The van der Waals surface area contributed by atoms with Crippen molar-refractivity contribution in [2.75, 3.05) is 0 Å². The smallest absolute Gasteiger partial charge is 0.177 e. The Bertz CT molecular complexity index is 1010. The highest BCUT2D eigenvalue weighted by molar-refractivity contribution is 5.72. The van der Waals surface area contributed by atoms with E-state index in [-0.39, 0.29) is 0 Å². The predicted molar refractivity (Wildman–Crippen MR) is 113 cm³/mol. The second-order valence-corrected chi connectivity index (χ2v) is 6.58. The van der Waals surface area contributed by atoms with E-state index in [4.69, 9.17) is 4.98 Å². The summed E-state index contributed by atoms with van der Waals surface area (Å²) in [5.74, 6) is 1.86. The van der Waals surface area contributed by atoms with Gasteiger partial charge in [-0.05, 0) is 25.8 Å². The second-order valence-electron chi connectivity index (χ2n) is 6.58. The third-order valence-electron chi connectivity index (χ3n) is 4.59. The van der Waals surface area contributed by atoms with Crippen molar-refractivity contribution in [1.82, 2.24) is 29.1 Å². The van der Waals surface area contributed by atoms with Gasteiger partial charge in [-0.1, -0.05) is 44.2 Å². The Morgan fingerprint density at radius 1 is 1.07 bits per heavy atom. The van der Waals surface area contributed by atoms with Crippen LogP contribution in [0.1, 0.15) is 49.0 Å². The number of fused-ring (bicyclic) bond motifs is 1. The number of allylic oxidation sites excluding steroid dienone is 6. The molecule has 0 saturated heterocycles. The summed E-state index contributed by atoms with van der Waals surface area (Å²) in [4.78, 5) is 13.8. The average molecular weight is 377 g/mol. The molecule has 3 aromatic rings. The fourth-order valence-corrected chi connectivity index (χ4v) is 3.11. The molecule has 3 aromatic heterocycles. The molecular formula is C22H28N6. The van der Waals surface area contributed by atoms with E-state index in [1.54, 1.807) is 0 Å². The summed E-state index contributed by atoms with van der Waals surface area (Å²) in [5.41, 5.74) is 4.90. The van der Waals surface area contributed by atoms with E-state index >= 15 is 0 Å². The fourth-order valence-electron chi connectivity index (χ4n) is 3.11. The lowest BCUT2D eigenvalue weighted by atomic mass is 10.1. The SMILES string of the molecule is CC.Cc1ncc(C)n2nc(CCc3nc(C4=CCC=CC=C4)cn3C)nc12. The standard InChI is InChI=1S/C20H22N6.C2H6/c1-14-12-21-15(2)20-23-18(24-26(14)20)10-11-19-22-17(13-25(19)3)16-8-6-4-5-7-9-16;1-2/h4-6,8-9,12-13H,7,10-11H2,1-3H3;1-2H3. The van der Waals surface area contributed by atoms with Crippen molar-refractivity contribution in [3.63, 3.8) is 0 Å². The highest BCUT2D eigenvalue weighted by atomic mass is 15.3. The minimum atomic E-state index is 0.751. The highest BCUT2D eigenvalue weighted by Gasteiger charge is 2.12. The van der Waals surface area contributed by atoms with E-state index in [0.29, 0.717) is 0 Å². The Morgan fingerprint density at radius 2 is 1.89 bits per heavy atom. The van der Waals surface area contributed by atoms with Crippen molar-refractivity contribution in [1.29, 1.82) is 0 Å². The van der Waals surface area contributed by atoms with Crippen LogP contribution in [0.15, 0.2) is 42.8 Å². The molecule has 0 aliphatic heterocycles. The molecule has 0 unspecified atom stereocenters. The summed E-state index contributed by atoms with van der Waals surface area (Å²) < 4.78 is 3.96. The maximum atomic E-state index is 4.82. The van der Waals surface area contributed by atoms with Gasteiger partial charge >= 0.3 is 0 Å². The van der Waals surface area contributed by atoms with Crippen LogP contribution in [0.5, 0.6) is 0 Å². The Morgan fingerprint density at radius 3 is 2.68 bits per heavy atom. The molecule has 0 aromatic carbocycles. The van der Waals surface area contributed by atoms with E-state index < -0.39 is 0 Å². The zero-order chi connectivity index (χ0) is 20.1. The van der Waals surface area contributed by atoms with Crippen LogP contribution < -0.4 is 0 Å². The molecule has 4 rings (SSSR count). The summed E-state index contributed by atoms with van der Waals surface area (Å²) in [6, 6.07) is 0. The topological polar surface area (TPSA) is 60.9 Å². The van der Waals surface area contributed by atoms with Gasteiger partial charge in [0.2, 0.25) is 0 Å². The van der Waals surface area contributed by atoms with Gasteiger partial charge in [-0.2, -0.15) is 5.10 Å². The molecule has 0 fully saturated rings. The summed E-state index contributed by atoms with van der Waals surface area (Å²) in [5, 5.41) is 4.62. The number of rotatable bonds is 4. The van der Waals surface area contributed by atoms with E-state index in [1.165, 1.54) is 5.57 Å². The molecule has 0 atom stereocenters. The Kier molecular flexibility index (Phi) is 6.19. The van der Waals surface area contributed by atoms with E-state index in [0.717, 1.165) is 53.6 Å². The first-order valence-electron chi connectivity index (χ1n) is 9.85. The lowest BCUT2D eigenvalue weighted by Crippen LogP contribution is -2.01. The van der Waals surface area contributed by atoms with Gasteiger partial charge in [0.25, 0.3) is 0 Å². The van der Waals surface area contributed by atoms with Crippen LogP contribution in [-0.4, -0.2) is 29.1 Å². The molecule has 0 amide bonds. The maximum absolute atomic E-state index is 4.82. The normalized spacial score (nSPS) is 13.2. The number of hydrogen-bond donors (Lipinski definition) is 0. The van der Waals surface area contributed by atoms with Crippen LogP contribution in [0.25, 0.3) is 11.2 Å². The van der Waals surface area contributed by atoms with E-state index in [2.05, 4.69) is 56.2 Å². The highest BCUT2D eigenvalue weighted by Crippen LogP contribution is 2.19. The molecule has 0 N–H and O–H groups in total. The van der Waals surface area contributed by atoms with Crippen molar-refractivity contribution in [2.24, 2.45) is 7.05 Å². The van der Waals surface area contributed by atoms with Crippen molar-refractivity contribution < 1.29 is 0 Å². The number of imidazole rings is 1. The van der Waals surface area contributed by atoms with Gasteiger partial charge in [0.15, 0.2) is 11.5 Å². The summed E-state index contributed by atoms with van der Waals surface area (Å²) >= 11 is 0. The summed E-state index contributed by atoms with van der Waals surface area (Å²) in [6.07, 6.45) is 17.0. The number of hydrogen-bond acceptors (Lipinski definition) is 4. The second kappa shape index (κ2) is 8.78. The Labute approximate surface area is 166 Å². The van der Waals surface area contributed by atoms with Crippen LogP contribution in [0.4, 0.5) is 0 Å². The number of aryl methyl sites for hydroxylation is 5. The minimum Gasteiger partial charge on any atom is -0.337 e. The lowest BCUT2D eigenvalue weighted by Gasteiger charge is -1.98. The van der Waals surface area contributed by atoms with E-state index in [1.807, 2.05) is 45.5 Å². The monoisotopic (exact) mass is 376 g/mol. The van der Waals surface area contributed by atoms with Crippen LogP contribution >= 0.6 is 0 Å². The van der Waals surface area contributed by atoms with Gasteiger partial charge in [-0.3, -0.25) is 4.98 Å². The first-order valence-corrected chi connectivity index (χ1v) is 9.85. The third kappa shape index (κ3) is 4.11. The number of aromatic nitrogens is 6. The fraction of sp³-hybridized carbons (Fsp3) is 0.364. The van der Waals surface area contributed by atoms with Crippen molar-refractivity contribution in [3.05, 3.63) is 71.5 Å². The Balaban J connectivity index is 0.00000109. The van der Waals surface area contributed by atoms with Crippen molar-refractivity contribution in [3.8, 4) is 0 Å². The molecule has 6 nitrogen and oxygen atoms in total. The van der Waals surface area contributed by atoms with Gasteiger partial charge in [0.05, 0.1) is 17.1 Å². The molecular weight excluding hydrogens is 348 g/mol. The van der Waals surface area contributed by atoms with Crippen LogP contribution in [0.2, 0.25) is 0 Å². The van der Waals surface area contributed by atoms with Crippen molar-refractivity contribution in [2.45, 2.75) is 47.0 Å². The molecule has 0 saturated carbocycles. The first-order chi connectivity index (χ1) is 13.6. The zero-order valence-corrected chi connectivity index (χ0v) is 17.3.